The molecule has 2 N–H and O–H groups in total. The van der Waals surface area contributed by atoms with E-state index in [0.717, 1.165) is 0 Å². The van der Waals surface area contributed by atoms with Crippen LogP contribution in [0.1, 0.15) is 5.76 Å². The summed E-state index contributed by atoms with van der Waals surface area (Å²) >= 11 is 0. The summed E-state index contributed by atoms with van der Waals surface area (Å²) < 4.78 is 10.5. The molecule has 0 aliphatic carbocycles. The van der Waals surface area contributed by atoms with E-state index >= 15 is 0 Å². The molecule has 0 radical (unpaired) electrons. The Labute approximate surface area is 99.8 Å². The van der Waals surface area contributed by atoms with Gasteiger partial charge in [-0.15, -0.1) is 0 Å². The van der Waals surface area contributed by atoms with Crippen molar-refractivity contribution in [3.63, 3.8) is 0 Å². The van der Waals surface area contributed by atoms with Gasteiger partial charge < -0.3 is 19.8 Å². The molecule has 1 saturated heterocycles. The molecule has 0 saturated carbocycles. The molecule has 2 rings (SSSR count). The Morgan fingerprint density at radius 3 is 3.24 bits per heavy atom. The Kier molecular flexibility index (Phi) is 3.95. The van der Waals surface area contributed by atoms with Gasteiger partial charge in [0.05, 0.1) is 19.0 Å². The summed E-state index contributed by atoms with van der Waals surface area (Å²) in [7, 11) is 0. The molecule has 1 aromatic rings. The third-order valence-electron chi connectivity index (χ3n) is 2.65. The van der Waals surface area contributed by atoms with Crippen molar-refractivity contribution in [3.05, 3.63) is 30.2 Å². The molecule has 0 spiro atoms. The number of morpholine rings is 1. The number of nitrogens with two attached hydrogens (primary N) is 1. The summed E-state index contributed by atoms with van der Waals surface area (Å²) in [6, 6.07) is 3.58. The van der Waals surface area contributed by atoms with E-state index in [9.17, 15) is 4.79 Å². The van der Waals surface area contributed by atoms with Crippen LogP contribution < -0.4 is 5.73 Å². The van der Waals surface area contributed by atoms with Gasteiger partial charge in [0.2, 0.25) is 5.91 Å². The van der Waals surface area contributed by atoms with Crippen molar-refractivity contribution in [2.75, 3.05) is 26.2 Å². The lowest BCUT2D eigenvalue weighted by Gasteiger charge is -2.31. The maximum atomic E-state index is 11.9. The average Bonchev–Trinajstić information content (AvgIpc) is 2.89. The fraction of sp³-hybridized carbons (Fsp3) is 0.417. The maximum absolute atomic E-state index is 11.9. The van der Waals surface area contributed by atoms with Crippen molar-refractivity contribution in [3.8, 4) is 0 Å². The Morgan fingerprint density at radius 2 is 2.53 bits per heavy atom. The largest absolute Gasteiger partial charge is 0.465 e. The zero-order chi connectivity index (χ0) is 12.1. The van der Waals surface area contributed by atoms with Gasteiger partial charge in [0.1, 0.15) is 5.76 Å². The van der Waals surface area contributed by atoms with Crippen molar-refractivity contribution in [1.82, 2.24) is 4.90 Å². The lowest BCUT2D eigenvalue weighted by atomic mass is 10.2. The van der Waals surface area contributed by atoms with Gasteiger partial charge in [0.15, 0.2) is 0 Å². The van der Waals surface area contributed by atoms with Crippen molar-refractivity contribution in [1.29, 1.82) is 0 Å². The van der Waals surface area contributed by atoms with Crippen LogP contribution in [0, 0.1) is 0 Å². The highest BCUT2D eigenvalue weighted by Gasteiger charge is 2.21. The summed E-state index contributed by atoms with van der Waals surface area (Å²) in [5.74, 6) is 0.630. The molecular weight excluding hydrogens is 220 g/mol. The van der Waals surface area contributed by atoms with Gasteiger partial charge in [-0.1, -0.05) is 0 Å². The first-order valence-corrected chi connectivity index (χ1v) is 5.62. The molecule has 2 heterocycles. The Morgan fingerprint density at radius 1 is 1.65 bits per heavy atom. The second kappa shape index (κ2) is 5.65. The molecular formula is C12H16N2O3. The number of rotatable bonds is 3. The minimum atomic E-state index is -0.0512. The summed E-state index contributed by atoms with van der Waals surface area (Å²) in [5, 5.41) is 0. The highest BCUT2D eigenvalue weighted by Crippen LogP contribution is 2.07. The summed E-state index contributed by atoms with van der Waals surface area (Å²) in [6.45, 7) is 2.14. The quantitative estimate of drug-likeness (QED) is 0.775. The van der Waals surface area contributed by atoms with Crippen LogP contribution >= 0.6 is 0 Å². The minimum absolute atomic E-state index is 0.0387. The molecule has 0 aromatic carbocycles. The lowest BCUT2D eigenvalue weighted by Crippen LogP contribution is -2.47. The highest BCUT2D eigenvalue weighted by atomic mass is 16.5. The lowest BCUT2D eigenvalue weighted by molar-refractivity contribution is -0.133. The predicted octanol–water partition coefficient (Wildman–Crippen LogP) is 0.479. The van der Waals surface area contributed by atoms with Gasteiger partial charge in [0.25, 0.3) is 0 Å². The van der Waals surface area contributed by atoms with E-state index < -0.39 is 0 Å². The Bertz CT molecular complexity index is 386. The number of nitrogens with zero attached hydrogens (tertiary/aromatic N) is 1. The molecule has 1 unspecified atom stereocenters. The number of ether oxygens (including phenoxy) is 1. The topological polar surface area (TPSA) is 68.7 Å². The standard InChI is InChI=1S/C12H16N2O3/c13-8-11-9-14(5-7-17-11)12(15)4-3-10-2-1-6-16-10/h1-4,6,11H,5,7-9,13H2/b4-3+. The number of furan rings is 1. The molecule has 5 heteroatoms. The first-order chi connectivity index (χ1) is 8.29. The van der Waals surface area contributed by atoms with E-state index in [2.05, 4.69) is 0 Å². The average molecular weight is 236 g/mol. The van der Waals surface area contributed by atoms with Gasteiger partial charge in [-0.25, -0.2) is 0 Å². The molecule has 0 bridgehead atoms. The van der Waals surface area contributed by atoms with Crippen LogP contribution in [0.4, 0.5) is 0 Å². The first kappa shape index (κ1) is 11.9. The van der Waals surface area contributed by atoms with Gasteiger partial charge >= 0.3 is 0 Å². The van der Waals surface area contributed by atoms with Crippen molar-refractivity contribution in [2.45, 2.75) is 6.10 Å². The molecule has 1 amide bonds. The van der Waals surface area contributed by atoms with E-state index in [1.807, 2.05) is 0 Å². The molecule has 1 aliphatic heterocycles. The fourth-order valence-electron chi connectivity index (χ4n) is 1.71. The molecule has 1 fully saturated rings. The highest BCUT2D eigenvalue weighted by molar-refractivity contribution is 5.91. The fourth-order valence-corrected chi connectivity index (χ4v) is 1.71. The molecule has 5 nitrogen and oxygen atoms in total. The SMILES string of the molecule is NCC1CN(C(=O)/C=C/c2ccco2)CCO1. The zero-order valence-electron chi connectivity index (χ0n) is 9.54. The van der Waals surface area contributed by atoms with Gasteiger partial charge in [-0.05, 0) is 18.2 Å². The van der Waals surface area contributed by atoms with Crippen LogP contribution in [0.2, 0.25) is 0 Å². The van der Waals surface area contributed by atoms with Crippen LogP contribution in [-0.4, -0.2) is 43.2 Å². The van der Waals surface area contributed by atoms with E-state index in [-0.39, 0.29) is 12.0 Å². The number of hydrogen-bond donors (Lipinski definition) is 1. The smallest absolute Gasteiger partial charge is 0.246 e. The van der Waals surface area contributed by atoms with E-state index in [0.29, 0.717) is 32.0 Å². The second-order valence-electron chi connectivity index (χ2n) is 3.86. The van der Waals surface area contributed by atoms with Crippen LogP contribution in [-0.2, 0) is 9.53 Å². The van der Waals surface area contributed by atoms with Crippen molar-refractivity contribution in [2.24, 2.45) is 5.73 Å². The second-order valence-corrected chi connectivity index (χ2v) is 3.86. The molecule has 17 heavy (non-hydrogen) atoms. The number of hydrogen-bond acceptors (Lipinski definition) is 4. The van der Waals surface area contributed by atoms with Gasteiger partial charge in [0, 0.05) is 25.7 Å². The van der Waals surface area contributed by atoms with Crippen LogP contribution in [0.3, 0.4) is 0 Å². The van der Waals surface area contributed by atoms with E-state index in [1.165, 1.54) is 6.08 Å². The van der Waals surface area contributed by atoms with Crippen LogP contribution in [0.25, 0.3) is 6.08 Å². The zero-order valence-corrected chi connectivity index (χ0v) is 9.54. The number of amides is 1. The molecule has 1 aliphatic rings. The third-order valence-corrected chi connectivity index (χ3v) is 2.65. The van der Waals surface area contributed by atoms with Gasteiger partial charge in [-0.3, -0.25) is 4.79 Å². The van der Waals surface area contributed by atoms with Gasteiger partial charge in [-0.2, -0.15) is 0 Å². The van der Waals surface area contributed by atoms with E-state index in [1.54, 1.807) is 29.4 Å². The maximum Gasteiger partial charge on any atom is 0.246 e. The number of carbonyl (C=O) groups excluding carboxylic acids is 1. The third kappa shape index (κ3) is 3.18. The first-order valence-electron chi connectivity index (χ1n) is 5.62. The van der Waals surface area contributed by atoms with Crippen LogP contribution in [0.5, 0.6) is 0 Å². The van der Waals surface area contributed by atoms with E-state index in [4.69, 9.17) is 14.9 Å². The normalized spacial score (nSPS) is 21.0. The molecule has 1 atom stereocenters. The summed E-state index contributed by atoms with van der Waals surface area (Å²) in [4.78, 5) is 13.6. The van der Waals surface area contributed by atoms with Crippen LogP contribution in [0.15, 0.2) is 28.9 Å². The van der Waals surface area contributed by atoms with Crippen molar-refractivity contribution < 1.29 is 13.9 Å². The Hall–Kier alpha value is -1.59. The van der Waals surface area contributed by atoms with Crippen molar-refractivity contribution >= 4 is 12.0 Å². The minimum Gasteiger partial charge on any atom is -0.465 e. The molecule has 92 valence electrons. The molecule has 1 aromatic heterocycles. The monoisotopic (exact) mass is 236 g/mol. The summed E-state index contributed by atoms with van der Waals surface area (Å²) in [5.41, 5.74) is 5.52. The summed E-state index contributed by atoms with van der Waals surface area (Å²) in [6.07, 6.45) is 4.70. The predicted molar refractivity (Wildman–Crippen MR) is 63.1 cm³/mol. The number of carbonyl (C=O) groups is 1. The Balaban J connectivity index is 1.91.